The van der Waals surface area contributed by atoms with Crippen LogP contribution in [0.5, 0.6) is 0 Å². The second-order valence-electron chi connectivity index (χ2n) is 4.61. The highest BCUT2D eigenvalue weighted by Crippen LogP contribution is 2.30. The molecule has 0 aliphatic heterocycles. The zero-order valence-electron chi connectivity index (χ0n) is 10.8. The standard InChI is InChI=1S/C17H14ClNS/c18-16-11-10-15(20-16)17(19)14-8-6-13(7-9-14)12-4-2-1-3-5-12/h1-11,17H,19H2. The molecule has 0 fully saturated rings. The first-order chi connectivity index (χ1) is 9.74. The normalized spacial score (nSPS) is 12.3. The second kappa shape index (κ2) is 5.80. The van der Waals surface area contributed by atoms with E-state index >= 15 is 0 Å². The fraction of sp³-hybridized carbons (Fsp3) is 0.0588. The van der Waals surface area contributed by atoms with E-state index in [0.717, 1.165) is 14.8 Å². The Morgan fingerprint density at radius 3 is 2.05 bits per heavy atom. The van der Waals surface area contributed by atoms with E-state index in [-0.39, 0.29) is 6.04 Å². The minimum atomic E-state index is -0.114. The lowest BCUT2D eigenvalue weighted by Gasteiger charge is -2.11. The number of rotatable bonds is 3. The van der Waals surface area contributed by atoms with E-state index in [1.165, 1.54) is 22.5 Å². The van der Waals surface area contributed by atoms with Crippen molar-refractivity contribution >= 4 is 22.9 Å². The summed E-state index contributed by atoms with van der Waals surface area (Å²) in [7, 11) is 0. The zero-order chi connectivity index (χ0) is 13.9. The Kier molecular flexibility index (Phi) is 3.88. The molecular weight excluding hydrogens is 286 g/mol. The first kappa shape index (κ1) is 13.4. The van der Waals surface area contributed by atoms with Crippen LogP contribution in [0.3, 0.4) is 0 Å². The summed E-state index contributed by atoms with van der Waals surface area (Å²) < 4.78 is 0.774. The second-order valence-corrected chi connectivity index (χ2v) is 6.35. The monoisotopic (exact) mass is 299 g/mol. The van der Waals surface area contributed by atoms with E-state index in [9.17, 15) is 0 Å². The van der Waals surface area contributed by atoms with Gasteiger partial charge in [-0.05, 0) is 28.8 Å². The summed E-state index contributed by atoms with van der Waals surface area (Å²) in [5.41, 5.74) is 9.78. The van der Waals surface area contributed by atoms with E-state index in [1.807, 2.05) is 30.3 Å². The molecule has 1 aromatic heterocycles. The highest BCUT2D eigenvalue weighted by Gasteiger charge is 2.11. The van der Waals surface area contributed by atoms with Gasteiger partial charge in [0.2, 0.25) is 0 Å². The summed E-state index contributed by atoms with van der Waals surface area (Å²) in [6.07, 6.45) is 0. The molecule has 20 heavy (non-hydrogen) atoms. The number of benzene rings is 2. The first-order valence-corrected chi connectivity index (χ1v) is 7.60. The fourth-order valence-corrected chi connectivity index (χ4v) is 3.26. The predicted octanol–water partition coefficient (Wildman–Crippen LogP) is 5.12. The van der Waals surface area contributed by atoms with Crippen molar-refractivity contribution in [2.45, 2.75) is 6.04 Å². The molecule has 0 amide bonds. The van der Waals surface area contributed by atoms with Gasteiger partial charge in [-0.25, -0.2) is 0 Å². The number of halogens is 1. The molecule has 3 rings (SSSR count). The predicted molar refractivity (Wildman–Crippen MR) is 87.2 cm³/mol. The topological polar surface area (TPSA) is 26.0 Å². The summed E-state index contributed by atoms with van der Waals surface area (Å²) in [4.78, 5) is 1.09. The van der Waals surface area contributed by atoms with E-state index < -0.39 is 0 Å². The van der Waals surface area contributed by atoms with Crippen LogP contribution in [-0.2, 0) is 0 Å². The summed E-state index contributed by atoms with van der Waals surface area (Å²) in [6.45, 7) is 0. The zero-order valence-corrected chi connectivity index (χ0v) is 12.4. The third-order valence-corrected chi connectivity index (χ3v) is 4.59. The lowest BCUT2D eigenvalue weighted by Crippen LogP contribution is -2.09. The lowest BCUT2D eigenvalue weighted by atomic mass is 10.0. The van der Waals surface area contributed by atoms with Crippen LogP contribution >= 0.6 is 22.9 Å². The van der Waals surface area contributed by atoms with Crippen molar-refractivity contribution in [1.82, 2.24) is 0 Å². The smallest absolute Gasteiger partial charge is 0.0931 e. The largest absolute Gasteiger partial charge is 0.320 e. The minimum Gasteiger partial charge on any atom is -0.320 e. The van der Waals surface area contributed by atoms with Crippen molar-refractivity contribution in [3.63, 3.8) is 0 Å². The van der Waals surface area contributed by atoms with Gasteiger partial charge in [0.25, 0.3) is 0 Å². The summed E-state index contributed by atoms with van der Waals surface area (Å²) in [5.74, 6) is 0. The maximum atomic E-state index is 6.27. The van der Waals surface area contributed by atoms with Gasteiger partial charge in [0.15, 0.2) is 0 Å². The Labute approximate surface area is 127 Å². The average molecular weight is 300 g/mol. The third-order valence-electron chi connectivity index (χ3n) is 3.28. The molecule has 3 heteroatoms. The Morgan fingerprint density at radius 2 is 1.45 bits per heavy atom. The van der Waals surface area contributed by atoms with Crippen LogP contribution in [0, 0.1) is 0 Å². The fourth-order valence-electron chi connectivity index (χ4n) is 2.17. The van der Waals surface area contributed by atoms with Crippen molar-refractivity contribution in [3.8, 4) is 11.1 Å². The summed E-state index contributed by atoms with van der Waals surface area (Å²) >= 11 is 7.49. The molecule has 100 valence electrons. The van der Waals surface area contributed by atoms with Gasteiger partial charge in [-0.3, -0.25) is 0 Å². The Morgan fingerprint density at radius 1 is 0.800 bits per heavy atom. The number of hydrogen-bond donors (Lipinski definition) is 1. The molecule has 3 aromatic rings. The van der Waals surface area contributed by atoms with Crippen molar-refractivity contribution in [3.05, 3.63) is 81.5 Å². The van der Waals surface area contributed by atoms with Gasteiger partial charge in [-0.2, -0.15) is 0 Å². The molecule has 0 saturated carbocycles. The molecule has 0 spiro atoms. The SMILES string of the molecule is NC(c1ccc(-c2ccccc2)cc1)c1ccc(Cl)s1. The molecule has 0 aliphatic carbocycles. The van der Waals surface area contributed by atoms with Crippen LogP contribution in [0.2, 0.25) is 4.34 Å². The van der Waals surface area contributed by atoms with Crippen molar-refractivity contribution in [1.29, 1.82) is 0 Å². The molecule has 2 aromatic carbocycles. The minimum absolute atomic E-state index is 0.114. The highest BCUT2D eigenvalue weighted by molar-refractivity contribution is 7.16. The van der Waals surface area contributed by atoms with Gasteiger partial charge in [-0.1, -0.05) is 66.2 Å². The van der Waals surface area contributed by atoms with Gasteiger partial charge in [0.1, 0.15) is 0 Å². The molecule has 0 aliphatic rings. The van der Waals surface area contributed by atoms with Crippen LogP contribution in [0.1, 0.15) is 16.5 Å². The molecule has 1 unspecified atom stereocenters. The Bertz CT molecular complexity index is 689. The maximum absolute atomic E-state index is 6.27. The average Bonchev–Trinajstić information content (AvgIpc) is 2.94. The van der Waals surface area contributed by atoms with Crippen molar-refractivity contribution in [2.24, 2.45) is 5.73 Å². The lowest BCUT2D eigenvalue weighted by molar-refractivity contribution is 0.894. The van der Waals surface area contributed by atoms with E-state index in [2.05, 4.69) is 36.4 Å². The van der Waals surface area contributed by atoms with Crippen molar-refractivity contribution < 1.29 is 0 Å². The van der Waals surface area contributed by atoms with Gasteiger partial charge < -0.3 is 5.73 Å². The van der Waals surface area contributed by atoms with E-state index in [4.69, 9.17) is 17.3 Å². The molecule has 0 saturated heterocycles. The van der Waals surface area contributed by atoms with Gasteiger partial charge in [0.05, 0.1) is 10.4 Å². The van der Waals surface area contributed by atoms with Crippen LogP contribution in [0.25, 0.3) is 11.1 Å². The van der Waals surface area contributed by atoms with Crippen LogP contribution < -0.4 is 5.73 Å². The van der Waals surface area contributed by atoms with Gasteiger partial charge >= 0.3 is 0 Å². The highest BCUT2D eigenvalue weighted by atomic mass is 35.5. The molecule has 1 heterocycles. The molecule has 1 atom stereocenters. The molecule has 2 N–H and O–H groups in total. The summed E-state index contributed by atoms with van der Waals surface area (Å²) in [6, 6.07) is 22.5. The van der Waals surface area contributed by atoms with Gasteiger partial charge in [-0.15, -0.1) is 11.3 Å². The van der Waals surface area contributed by atoms with Crippen LogP contribution in [0.4, 0.5) is 0 Å². The Hall–Kier alpha value is -1.61. The number of hydrogen-bond acceptors (Lipinski definition) is 2. The molecule has 0 radical (unpaired) electrons. The van der Waals surface area contributed by atoms with Gasteiger partial charge in [0, 0.05) is 4.88 Å². The Balaban J connectivity index is 1.86. The van der Waals surface area contributed by atoms with E-state index in [0.29, 0.717) is 0 Å². The third kappa shape index (κ3) is 2.78. The number of thiophene rings is 1. The summed E-state index contributed by atoms with van der Waals surface area (Å²) in [5, 5.41) is 0. The maximum Gasteiger partial charge on any atom is 0.0931 e. The van der Waals surface area contributed by atoms with Crippen LogP contribution in [0.15, 0.2) is 66.7 Å². The van der Waals surface area contributed by atoms with Crippen LogP contribution in [-0.4, -0.2) is 0 Å². The van der Waals surface area contributed by atoms with Crippen molar-refractivity contribution in [2.75, 3.05) is 0 Å². The molecular formula is C17H14ClNS. The number of nitrogens with two attached hydrogens (primary N) is 1. The molecule has 0 bridgehead atoms. The van der Waals surface area contributed by atoms with E-state index in [1.54, 1.807) is 0 Å². The first-order valence-electron chi connectivity index (χ1n) is 6.40. The molecule has 1 nitrogen and oxygen atoms in total. The quantitative estimate of drug-likeness (QED) is 0.714.